The number of hydrogen-bond donors (Lipinski definition) is 2. The van der Waals surface area contributed by atoms with E-state index in [1.54, 1.807) is 0 Å². The van der Waals surface area contributed by atoms with Gasteiger partial charge in [-0.3, -0.25) is 9.69 Å². The van der Waals surface area contributed by atoms with Gasteiger partial charge in [0.15, 0.2) is 0 Å². The van der Waals surface area contributed by atoms with Gasteiger partial charge in [0.1, 0.15) is 0 Å². The molecule has 1 amide bonds. The first kappa shape index (κ1) is 16.9. The van der Waals surface area contributed by atoms with Gasteiger partial charge in [-0.2, -0.15) is 0 Å². The summed E-state index contributed by atoms with van der Waals surface area (Å²) in [6.45, 7) is 4.18. The van der Waals surface area contributed by atoms with Crippen LogP contribution < -0.4 is 10.6 Å². The van der Waals surface area contributed by atoms with Crippen molar-refractivity contribution < 1.29 is 4.79 Å². The van der Waals surface area contributed by atoms with Crippen LogP contribution in [0.15, 0.2) is 28.7 Å². The zero-order valence-corrected chi connectivity index (χ0v) is 15.1. The summed E-state index contributed by atoms with van der Waals surface area (Å²) in [6.07, 6.45) is 5.09. The fourth-order valence-electron chi connectivity index (χ4n) is 3.52. The first-order chi connectivity index (χ1) is 11.2. The lowest BCUT2D eigenvalue weighted by Crippen LogP contribution is -2.45. The van der Waals surface area contributed by atoms with Gasteiger partial charge in [-0.1, -0.05) is 28.1 Å². The summed E-state index contributed by atoms with van der Waals surface area (Å²) in [7, 11) is 0. The minimum Gasteiger partial charge on any atom is -0.353 e. The van der Waals surface area contributed by atoms with Gasteiger partial charge in [-0.15, -0.1) is 0 Å². The highest BCUT2D eigenvalue weighted by Gasteiger charge is 2.23. The summed E-state index contributed by atoms with van der Waals surface area (Å²) in [5, 5.41) is 6.62. The number of rotatable bonds is 5. The van der Waals surface area contributed by atoms with Crippen molar-refractivity contribution in [3.8, 4) is 0 Å². The summed E-state index contributed by atoms with van der Waals surface area (Å²) >= 11 is 3.47. The van der Waals surface area contributed by atoms with E-state index in [0.717, 1.165) is 49.9 Å². The van der Waals surface area contributed by atoms with Gasteiger partial charge in [-0.05, 0) is 49.9 Å². The van der Waals surface area contributed by atoms with Crippen LogP contribution in [0, 0.1) is 0 Å². The summed E-state index contributed by atoms with van der Waals surface area (Å²) in [5.41, 5.74) is 1.35. The molecule has 1 aromatic carbocycles. The Morgan fingerprint density at radius 2 is 1.96 bits per heavy atom. The largest absolute Gasteiger partial charge is 0.353 e. The van der Waals surface area contributed by atoms with Crippen LogP contribution in [0.25, 0.3) is 0 Å². The molecule has 2 heterocycles. The summed E-state index contributed by atoms with van der Waals surface area (Å²) in [4.78, 5) is 14.6. The van der Waals surface area contributed by atoms with Crippen molar-refractivity contribution in [1.82, 2.24) is 15.5 Å². The number of carbonyl (C=O) groups is 1. The van der Waals surface area contributed by atoms with E-state index in [0.29, 0.717) is 18.5 Å². The van der Waals surface area contributed by atoms with E-state index >= 15 is 0 Å². The fraction of sp³-hybridized carbons (Fsp3) is 0.611. The average Bonchev–Trinajstić information content (AvgIpc) is 3.04. The van der Waals surface area contributed by atoms with E-state index in [-0.39, 0.29) is 5.91 Å². The molecule has 0 aromatic heterocycles. The quantitative estimate of drug-likeness (QED) is 0.826. The molecule has 1 unspecified atom stereocenters. The topological polar surface area (TPSA) is 44.4 Å². The number of benzene rings is 1. The third-order valence-electron chi connectivity index (χ3n) is 4.87. The van der Waals surface area contributed by atoms with Crippen LogP contribution in [0.1, 0.15) is 37.7 Å². The molecule has 2 aliphatic rings. The highest BCUT2D eigenvalue weighted by atomic mass is 79.9. The van der Waals surface area contributed by atoms with Crippen molar-refractivity contribution in [3.63, 3.8) is 0 Å². The molecule has 5 heteroatoms. The summed E-state index contributed by atoms with van der Waals surface area (Å²) in [5.74, 6) is 0.218. The Kier molecular flexibility index (Phi) is 6.08. The molecule has 0 saturated carbocycles. The van der Waals surface area contributed by atoms with E-state index in [1.807, 2.05) is 0 Å². The van der Waals surface area contributed by atoms with Crippen LogP contribution in [0.3, 0.4) is 0 Å². The van der Waals surface area contributed by atoms with Gasteiger partial charge in [0.05, 0.1) is 0 Å². The third kappa shape index (κ3) is 5.30. The first-order valence-corrected chi connectivity index (χ1v) is 9.48. The van der Waals surface area contributed by atoms with Crippen molar-refractivity contribution in [2.24, 2.45) is 0 Å². The molecule has 0 radical (unpaired) electrons. The van der Waals surface area contributed by atoms with E-state index in [2.05, 4.69) is 55.7 Å². The zero-order valence-electron chi connectivity index (χ0n) is 13.6. The van der Waals surface area contributed by atoms with Crippen LogP contribution in [0.5, 0.6) is 0 Å². The summed E-state index contributed by atoms with van der Waals surface area (Å²) < 4.78 is 1.12. The van der Waals surface area contributed by atoms with Gasteiger partial charge in [-0.25, -0.2) is 0 Å². The predicted octanol–water partition coefficient (Wildman–Crippen LogP) is 2.67. The number of nitrogens with zero attached hydrogens (tertiary/aromatic N) is 1. The number of hydrogen-bond acceptors (Lipinski definition) is 3. The lowest BCUT2D eigenvalue weighted by Gasteiger charge is -2.32. The average molecular weight is 380 g/mol. The molecular formula is C18H26BrN3O. The van der Waals surface area contributed by atoms with Gasteiger partial charge in [0.25, 0.3) is 0 Å². The van der Waals surface area contributed by atoms with Crippen molar-refractivity contribution in [2.75, 3.05) is 19.6 Å². The maximum atomic E-state index is 12.1. The van der Waals surface area contributed by atoms with E-state index in [4.69, 9.17) is 0 Å². The van der Waals surface area contributed by atoms with E-state index < -0.39 is 0 Å². The molecule has 2 N–H and O–H groups in total. The van der Waals surface area contributed by atoms with Gasteiger partial charge in [0, 0.05) is 42.6 Å². The lowest BCUT2D eigenvalue weighted by molar-refractivity contribution is -0.122. The van der Waals surface area contributed by atoms with Crippen LogP contribution in [-0.2, 0) is 11.3 Å². The zero-order chi connectivity index (χ0) is 16.1. The molecule has 3 rings (SSSR count). The Labute approximate surface area is 147 Å². The summed E-state index contributed by atoms with van der Waals surface area (Å²) in [6, 6.07) is 9.29. The van der Waals surface area contributed by atoms with E-state index in [1.165, 1.54) is 12.0 Å². The minimum atomic E-state index is 0.218. The lowest BCUT2D eigenvalue weighted by atomic mass is 10.0. The molecule has 1 aromatic rings. The van der Waals surface area contributed by atoms with Gasteiger partial charge < -0.3 is 10.6 Å². The molecule has 2 saturated heterocycles. The van der Waals surface area contributed by atoms with Crippen LogP contribution in [-0.4, -0.2) is 42.5 Å². The highest BCUT2D eigenvalue weighted by Crippen LogP contribution is 2.16. The van der Waals surface area contributed by atoms with Crippen molar-refractivity contribution in [2.45, 2.75) is 50.7 Å². The molecular weight excluding hydrogens is 354 g/mol. The van der Waals surface area contributed by atoms with Crippen molar-refractivity contribution in [3.05, 3.63) is 34.3 Å². The third-order valence-corrected chi connectivity index (χ3v) is 5.39. The SMILES string of the molecule is O=C(CC1CCCN1)NC1CCN(Cc2ccc(Br)cc2)CC1. The number of likely N-dealkylation sites (tertiary alicyclic amines) is 1. The molecule has 2 aliphatic heterocycles. The molecule has 23 heavy (non-hydrogen) atoms. The molecule has 0 aliphatic carbocycles. The van der Waals surface area contributed by atoms with Crippen LogP contribution >= 0.6 is 15.9 Å². The first-order valence-electron chi connectivity index (χ1n) is 8.68. The van der Waals surface area contributed by atoms with Crippen molar-refractivity contribution in [1.29, 1.82) is 0 Å². The molecule has 1 atom stereocenters. The molecule has 0 bridgehead atoms. The Hall–Kier alpha value is -0.910. The monoisotopic (exact) mass is 379 g/mol. The van der Waals surface area contributed by atoms with Crippen molar-refractivity contribution >= 4 is 21.8 Å². The Bertz CT molecular complexity index is 506. The van der Waals surface area contributed by atoms with Gasteiger partial charge in [0.2, 0.25) is 5.91 Å². The standard InChI is InChI=1S/C18H26BrN3O/c19-15-5-3-14(4-6-15)13-22-10-7-16(8-11-22)21-18(23)12-17-2-1-9-20-17/h3-6,16-17,20H,1-2,7-13H2,(H,21,23). The second-order valence-electron chi connectivity index (χ2n) is 6.74. The molecule has 4 nitrogen and oxygen atoms in total. The Morgan fingerprint density at radius 1 is 1.22 bits per heavy atom. The molecule has 126 valence electrons. The highest BCUT2D eigenvalue weighted by molar-refractivity contribution is 9.10. The number of halogens is 1. The second-order valence-corrected chi connectivity index (χ2v) is 7.66. The maximum Gasteiger partial charge on any atom is 0.221 e. The molecule has 2 fully saturated rings. The van der Waals surface area contributed by atoms with E-state index in [9.17, 15) is 4.79 Å². The predicted molar refractivity (Wildman–Crippen MR) is 96.2 cm³/mol. The number of nitrogens with one attached hydrogen (secondary N) is 2. The normalized spacial score (nSPS) is 23.1. The van der Waals surface area contributed by atoms with Gasteiger partial charge >= 0.3 is 0 Å². The maximum absolute atomic E-state index is 12.1. The van der Waals surface area contributed by atoms with Crippen LogP contribution in [0.2, 0.25) is 0 Å². The minimum absolute atomic E-state index is 0.218. The number of amides is 1. The molecule has 0 spiro atoms. The Balaban J connectivity index is 1.37. The fourth-order valence-corrected chi connectivity index (χ4v) is 3.79. The Morgan fingerprint density at radius 3 is 2.61 bits per heavy atom. The van der Waals surface area contributed by atoms with Crippen LogP contribution in [0.4, 0.5) is 0 Å². The smallest absolute Gasteiger partial charge is 0.221 e. The number of carbonyl (C=O) groups excluding carboxylic acids is 1. The number of piperidine rings is 1. The second kappa shape index (κ2) is 8.27.